The van der Waals surface area contributed by atoms with Crippen LogP contribution in [0.4, 0.5) is 5.69 Å². The molecule has 2 heterocycles. The Hall–Kier alpha value is -2.14. The second kappa shape index (κ2) is 11.5. The third-order valence-corrected chi connectivity index (χ3v) is 4.73. The van der Waals surface area contributed by atoms with Crippen molar-refractivity contribution in [3.05, 3.63) is 48.0 Å². The van der Waals surface area contributed by atoms with E-state index in [9.17, 15) is 4.79 Å². The lowest BCUT2D eigenvalue weighted by Gasteiger charge is -2.31. The van der Waals surface area contributed by atoms with Gasteiger partial charge in [-0.05, 0) is 62.9 Å². The number of rotatable bonds is 6. The van der Waals surface area contributed by atoms with Crippen LogP contribution in [0.25, 0.3) is 0 Å². The van der Waals surface area contributed by atoms with E-state index in [1.54, 1.807) is 6.33 Å². The second-order valence-corrected chi connectivity index (χ2v) is 7.44. The van der Waals surface area contributed by atoms with Crippen molar-refractivity contribution in [2.75, 3.05) is 25.0 Å². The van der Waals surface area contributed by atoms with Gasteiger partial charge in [0.25, 0.3) is 0 Å². The number of hydrogen-bond donors (Lipinski definition) is 2. The number of carbonyl (C=O) groups excluding carboxylic acids is 1. The van der Waals surface area contributed by atoms with Crippen LogP contribution in [0.15, 0.2) is 36.8 Å². The molecule has 1 aliphatic rings. The predicted octanol–water partition coefficient (Wildman–Crippen LogP) is 4.42. The third-order valence-electron chi connectivity index (χ3n) is 4.73. The van der Waals surface area contributed by atoms with Crippen LogP contribution in [0.3, 0.4) is 0 Å². The number of hydrogen-bond acceptors (Lipinski definition) is 3. The fourth-order valence-electron chi connectivity index (χ4n) is 3.33. The summed E-state index contributed by atoms with van der Waals surface area (Å²) in [4.78, 5) is 21.8. The second-order valence-electron chi connectivity index (χ2n) is 7.44. The molecule has 1 saturated heterocycles. The standard InChI is InChI=1S/C19H26N4O.C3H8/c1-15-3-2-4-17(11-15)22-19(24)7-10-23-8-5-16(6-9-23)12-18-13-20-14-21-18;1-3-2/h2-4,11,13-14,16H,5-10,12H2,1H3,(H,20,21)(H,22,24);3H2,1-2H3. The number of nitrogens with one attached hydrogen (secondary N) is 2. The lowest BCUT2D eigenvalue weighted by atomic mass is 9.92. The van der Waals surface area contributed by atoms with E-state index in [1.807, 2.05) is 37.4 Å². The quantitative estimate of drug-likeness (QED) is 0.791. The van der Waals surface area contributed by atoms with Crippen LogP contribution in [0, 0.1) is 12.8 Å². The highest BCUT2D eigenvalue weighted by Gasteiger charge is 2.20. The highest BCUT2D eigenvalue weighted by atomic mass is 16.1. The average Bonchev–Trinajstić information content (AvgIpc) is 3.15. The minimum atomic E-state index is 0.0974. The van der Waals surface area contributed by atoms with Crippen molar-refractivity contribution in [1.29, 1.82) is 0 Å². The minimum Gasteiger partial charge on any atom is -0.348 e. The SMILES string of the molecule is CCC.Cc1cccc(NC(=O)CCN2CCC(Cc3cnc[nH]3)CC2)c1. The molecule has 2 aromatic rings. The van der Waals surface area contributed by atoms with Crippen LogP contribution in [-0.4, -0.2) is 40.4 Å². The maximum Gasteiger partial charge on any atom is 0.225 e. The highest BCUT2D eigenvalue weighted by molar-refractivity contribution is 5.90. The van der Waals surface area contributed by atoms with E-state index in [-0.39, 0.29) is 5.91 Å². The molecule has 0 unspecified atom stereocenters. The molecule has 3 rings (SSSR count). The van der Waals surface area contributed by atoms with Gasteiger partial charge in [0.1, 0.15) is 0 Å². The van der Waals surface area contributed by atoms with Gasteiger partial charge >= 0.3 is 0 Å². The van der Waals surface area contributed by atoms with E-state index >= 15 is 0 Å². The van der Waals surface area contributed by atoms with Crippen molar-refractivity contribution < 1.29 is 4.79 Å². The molecule has 1 amide bonds. The molecule has 1 aromatic heterocycles. The first-order valence-electron chi connectivity index (χ1n) is 10.2. The summed E-state index contributed by atoms with van der Waals surface area (Å²) < 4.78 is 0. The zero-order valence-electron chi connectivity index (χ0n) is 17.0. The fraction of sp³-hybridized carbons (Fsp3) is 0.545. The number of H-pyrrole nitrogens is 1. The van der Waals surface area contributed by atoms with Crippen molar-refractivity contribution in [2.45, 2.75) is 52.9 Å². The van der Waals surface area contributed by atoms with Crippen molar-refractivity contribution in [2.24, 2.45) is 5.92 Å². The van der Waals surface area contributed by atoms with Crippen molar-refractivity contribution in [1.82, 2.24) is 14.9 Å². The summed E-state index contributed by atoms with van der Waals surface area (Å²) in [7, 11) is 0. The van der Waals surface area contributed by atoms with Crippen molar-refractivity contribution >= 4 is 11.6 Å². The maximum absolute atomic E-state index is 12.1. The van der Waals surface area contributed by atoms with Gasteiger partial charge in [-0.15, -0.1) is 0 Å². The largest absolute Gasteiger partial charge is 0.348 e. The number of amides is 1. The number of anilines is 1. The highest BCUT2D eigenvalue weighted by Crippen LogP contribution is 2.21. The summed E-state index contributed by atoms with van der Waals surface area (Å²) in [5, 5.41) is 2.98. The molecule has 0 atom stereocenters. The number of aromatic nitrogens is 2. The summed E-state index contributed by atoms with van der Waals surface area (Å²) in [6.07, 6.45) is 8.94. The normalized spacial score (nSPS) is 15.1. The lowest BCUT2D eigenvalue weighted by Crippen LogP contribution is -2.36. The first kappa shape index (κ1) is 21.2. The Morgan fingerprint density at radius 2 is 2.04 bits per heavy atom. The molecular formula is C22H34N4O. The van der Waals surface area contributed by atoms with Crippen molar-refractivity contribution in [3.63, 3.8) is 0 Å². The number of nitrogens with zero attached hydrogens (tertiary/aromatic N) is 2. The topological polar surface area (TPSA) is 61.0 Å². The lowest BCUT2D eigenvalue weighted by molar-refractivity contribution is -0.116. The first-order valence-corrected chi connectivity index (χ1v) is 10.2. The number of likely N-dealkylation sites (tertiary alicyclic amines) is 1. The van der Waals surface area contributed by atoms with Gasteiger partial charge in [0.2, 0.25) is 5.91 Å². The Morgan fingerprint density at radius 1 is 1.30 bits per heavy atom. The van der Waals surface area contributed by atoms with Crippen LogP contribution in [0.5, 0.6) is 0 Å². The number of imidazole rings is 1. The van der Waals surface area contributed by atoms with Crippen LogP contribution >= 0.6 is 0 Å². The smallest absolute Gasteiger partial charge is 0.225 e. The summed E-state index contributed by atoms with van der Waals surface area (Å²) >= 11 is 0. The van der Waals surface area contributed by atoms with Crippen LogP contribution in [0.1, 0.15) is 50.8 Å². The molecule has 148 valence electrons. The summed E-state index contributed by atoms with van der Waals surface area (Å²) in [5.41, 5.74) is 3.27. The van der Waals surface area contributed by atoms with E-state index in [0.29, 0.717) is 6.42 Å². The Balaban J connectivity index is 0.000000817. The molecule has 0 saturated carbocycles. The first-order chi connectivity index (χ1) is 13.1. The summed E-state index contributed by atoms with van der Waals surface area (Å²) in [6.45, 7) is 9.28. The van der Waals surface area contributed by atoms with E-state index in [1.165, 1.54) is 25.0 Å². The number of aryl methyl sites for hydroxylation is 1. The molecule has 1 fully saturated rings. The van der Waals surface area contributed by atoms with E-state index in [0.717, 1.165) is 43.2 Å². The molecule has 5 nitrogen and oxygen atoms in total. The molecule has 1 aromatic carbocycles. The Bertz CT molecular complexity index is 661. The minimum absolute atomic E-state index is 0.0974. The Morgan fingerprint density at radius 3 is 2.67 bits per heavy atom. The van der Waals surface area contributed by atoms with Gasteiger partial charge in [0, 0.05) is 30.5 Å². The number of aromatic amines is 1. The predicted molar refractivity (Wildman–Crippen MR) is 112 cm³/mol. The van der Waals surface area contributed by atoms with Crippen LogP contribution in [0.2, 0.25) is 0 Å². The van der Waals surface area contributed by atoms with Crippen molar-refractivity contribution in [3.8, 4) is 0 Å². The summed E-state index contributed by atoms with van der Waals surface area (Å²) in [5.74, 6) is 0.822. The van der Waals surface area contributed by atoms with E-state index in [2.05, 4.69) is 34.0 Å². The zero-order valence-corrected chi connectivity index (χ0v) is 17.0. The maximum atomic E-state index is 12.1. The van der Waals surface area contributed by atoms with Gasteiger partial charge in [-0.1, -0.05) is 32.4 Å². The molecule has 0 bridgehead atoms. The van der Waals surface area contributed by atoms with Crippen LogP contribution < -0.4 is 5.32 Å². The molecule has 1 aliphatic heterocycles. The van der Waals surface area contributed by atoms with Gasteiger partial charge in [0.15, 0.2) is 0 Å². The van der Waals surface area contributed by atoms with E-state index < -0.39 is 0 Å². The van der Waals surface area contributed by atoms with Gasteiger partial charge in [0.05, 0.1) is 6.33 Å². The molecule has 0 spiro atoms. The van der Waals surface area contributed by atoms with Gasteiger partial charge in [-0.3, -0.25) is 4.79 Å². The van der Waals surface area contributed by atoms with E-state index in [4.69, 9.17) is 0 Å². The number of piperidine rings is 1. The average molecular weight is 371 g/mol. The molecule has 2 N–H and O–H groups in total. The molecular weight excluding hydrogens is 336 g/mol. The van der Waals surface area contributed by atoms with Gasteiger partial charge in [-0.25, -0.2) is 4.98 Å². The third kappa shape index (κ3) is 7.95. The Labute approximate surface area is 163 Å². The summed E-state index contributed by atoms with van der Waals surface area (Å²) in [6, 6.07) is 7.93. The molecule has 0 aliphatic carbocycles. The van der Waals surface area contributed by atoms with Gasteiger partial charge in [-0.2, -0.15) is 0 Å². The van der Waals surface area contributed by atoms with Gasteiger partial charge < -0.3 is 15.2 Å². The zero-order chi connectivity index (χ0) is 19.5. The molecule has 5 heteroatoms. The number of benzene rings is 1. The Kier molecular flexibility index (Phi) is 9.05. The molecule has 0 radical (unpaired) electrons. The molecule has 27 heavy (non-hydrogen) atoms. The van der Waals surface area contributed by atoms with Crippen LogP contribution in [-0.2, 0) is 11.2 Å². The number of carbonyl (C=O) groups is 1. The monoisotopic (exact) mass is 370 g/mol. The fourth-order valence-corrected chi connectivity index (χ4v) is 3.33.